The molecular weight excluding hydrogens is 226 g/mol. The van der Waals surface area contributed by atoms with Crippen molar-refractivity contribution in [3.8, 4) is 0 Å². The standard InChI is InChI=1S/C15H23NO2/c1-4-14(16(2)11-8-12-18-3)15(17)13-9-6-5-7-10-13/h5-7,9-10,14H,4,8,11-12H2,1-3H3. The summed E-state index contributed by atoms with van der Waals surface area (Å²) in [6.45, 7) is 3.67. The SMILES string of the molecule is CCC(C(=O)c1ccccc1)N(C)CCCOC. The van der Waals surface area contributed by atoms with E-state index in [2.05, 4.69) is 11.8 Å². The topological polar surface area (TPSA) is 29.5 Å². The number of methoxy groups -OCH3 is 1. The molecule has 0 aliphatic rings. The molecule has 0 bridgehead atoms. The van der Waals surface area contributed by atoms with Crippen molar-refractivity contribution in [1.82, 2.24) is 4.90 Å². The Morgan fingerprint density at radius 2 is 2.00 bits per heavy atom. The van der Waals surface area contributed by atoms with Crippen LogP contribution in [0.1, 0.15) is 30.1 Å². The molecule has 0 N–H and O–H groups in total. The number of carbonyl (C=O) groups is 1. The van der Waals surface area contributed by atoms with Gasteiger partial charge in [-0.2, -0.15) is 0 Å². The van der Waals surface area contributed by atoms with Crippen molar-refractivity contribution in [3.05, 3.63) is 35.9 Å². The number of benzene rings is 1. The Kier molecular flexibility index (Phi) is 6.61. The molecular formula is C15H23NO2. The number of hydrogen-bond donors (Lipinski definition) is 0. The van der Waals surface area contributed by atoms with Crippen molar-refractivity contribution in [1.29, 1.82) is 0 Å². The van der Waals surface area contributed by atoms with Gasteiger partial charge in [0.2, 0.25) is 0 Å². The molecule has 1 aromatic carbocycles. The first kappa shape index (κ1) is 14.9. The number of ketones is 1. The van der Waals surface area contributed by atoms with E-state index in [9.17, 15) is 4.79 Å². The minimum absolute atomic E-state index is 0.0377. The fourth-order valence-corrected chi connectivity index (χ4v) is 2.11. The average molecular weight is 249 g/mol. The first-order chi connectivity index (χ1) is 8.70. The molecule has 1 aromatic rings. The van der Waals surface area contributed by atoms with Crippen LogP contribution in [0.15, 0.2) is 30.3 Å². The maximum atomic E-state index is 12.4. The monoisotopic (exact) mass is 249 g/mol. The molecule has 0 saturated heterocycles. The van der Waals surface area contributed by atoms with Gasteiger partial charge in [-0.3, -0.25) is 9.69 Å². The van der Waals surface area contributed by atoms with Crippen molar-refractivity contribution >= 4 is 5.78 Å². The van der Waals surface area contributed by atoms with E-state index >= 15 is 0 Å². The van der Waals surface area contributed by atoms with Crippen molar-refractivity contribution in [2.75, 3.05) is 27.3 Å². The number of likely N-dealkylation sites (N-methyl/N-ethyl adjacent to an activating group) is 1. The van der Waals surface area contributed by atoms with E-state index in [1.807, 2.05) is 37.4 Å². The van der Waals surface area contributed by atoms with E-state index in [4.69, 9.17) is 4.74 Å². The van der Waals surface area contributed by atoms with Crippen LogP contribution in [-0.4, -0.2) is 44.0 Å². The average Bonchev–Trinajstić information content (AvgIpc) is 2.41. The zero-order valence-corrected chi connectivity index (χ0v) is 11.6. The van der Waals surface area contributed by atoms with Gasteiger partial charge in [0.25, 0.3) is 0 Å². The lowest BCUT2D eigenvalue weighted by atomic mass is 10.0. The Labute approximate surface area is 110 Å². The predicted molar refractivity (Wildman–Crippen MR) is 74.0 cm³/mol. The highest BCUT2D eigenvalue weighted by molar-refractivity contribution is 6.00. The van der Waals surface area contributed by atoms with Gasteiger partial charge in [0.15, 0.2) is 5.78 Å². The Hall–Kier alpha value is -1.19. The highest BCUT2D eigenvalue weighted by Crippen LogP contribution is 2.11. The highest BCUT2D eigenvalue weighted by atomic mass is 16.5. The molecule has 0 spiro atoms. The Morgan fingerprint density at radius 3 is 2.56 bits per heavy atom. The van der Waals surface area contributed by atoms with E-state index in [1.165, 1.54) is 0 Å². The second kappa shape index (κ2) is 8.01. The van der Waals surface area contributed by atoms with Crippen LogP contribution in [0.2, 0.25) is 0 Å². The normalized spacial score (nSPS) is 12.7. The van der Waals surface area contributed by atoms with Crippen molar-refractivity contribution in [3.63, 3.8) is 0 Å². The van der Waals surface area contributed by atoms with Crippen LogP contribution < -0.4 is 0 Å². The fourth-order valence-electron chi connectivity index (χ4n) is 2.11. The number of nitrogens with zero attached hydrogens (tertiary/aromatic N) is 1. The summed E-state index contributed by atoms with van der Waals surface area (Å²) in [5.41, 5.74) is 0.794. The van der Waals surface area contributed by atoms with Crippen LogP contribution >= 0.6 is 0 Å². The first-order valence-corrected chi connectivity index (χ1v) is 6.49. The number of rotatable bonds is 8. The second-order valence-electron chi connectivity index (χ2n) is 4.48. The van der Waals surface area contributed by atoms with Crippen molar-refractivity contribution in [2.24, 2.45) is 0 Å². The van der Waals surface area contributed by atoms with Gasteiger partial charge in [-0.15, -0.1) is 0 Å². The number of ether oxygens (including phenoxy) is 1. The summed E-state index contributed by atoms with van der Waals surface area (Å²) in [6, 6.07) is 9.47. The van der Waals surface area contributed by atoms with Gasteiger partial charge in [-0.1, -0.05) is 37.3 Å². The highest BCUT2D eigenvalue weighted by Gasteiger charge is 2.21. The van der Waals surface area contributed by atoms with E-state index < -0.39 is 0 Å². The minimum atomic E-state index is -0.0377. The minimum Gasteiger partial charge on any atom is -0.385 e. The molecule has 1 rings (SSSR count). The third kappa shape index (κ3) is 4.24. The van der Waals surface area contributed by atoms with Crippen LogP contribution in [0.3, 0.4) is 0 Å². The smallest absolute Gasteiger partial charge is 0.179 e. The molecule has 0 heterocycles. The van der Waals surface area contributed by atoms with Gasteiger partial charge in [-0.25, -0.2) is 0 Å². The predicted octanol–water partition coefficient (Wildman–Crippen LogP) is 2.62. The summed E-state index contributed by atoms with van der Waals surface area (Å²) in [5.74, 6) is 0.206. The van der Waals surface area contributed by atoms with E-state index in [0.29, 0.717) is 0 Å². The molecule has 0 aromatic heterocycles. The molecule has 18 heavy (non-hydrogen) atoms. The van der Waals surface area contributed by atoms with Crippen molar-refractivity contribution < 1.29 is 9.53 Å². The van der Waals surface area contributed by atoms with E-state index in [1.54, 1.807) is 7.11 Å². The lowest BCUT2D eigenvalue weighted by Crippen LogP contribution is -2.39. The van der Waals surface area contributed by atoms with Gasteiger partial charge < -0.3 is 4.74 Å². The molecule has 0 aliphatic carbocycles. The van der Waals surface area contributed by atoms with Crippen LogP contribution in [0.5, 0.6) is 0 Å². The third-order valence-electron chi connectivity index (χ3n) is 3.14. The molecule has 0 saturated carbocycles. The van der Waals surface area contributed by atoms with Gasteiger partial charge >= 0.3 is 0 Å². The fraction of sp³-hybridized carbons (Fsp3) is 0.533. The zero-order valence-electron chi connectivity index (χ0n) is 11.6. The van der Waals surface area contributed by atoms with E-state index in [-0.39, 0.29) is 11.8 Å². The van der Waals surface area contributed by atoms with Crippen LogP contribution in [-0.2, 0) is 4.74 Å². The molecule has 0 aliphatic heterocycles. The molecule has 3 heteroatoms. The Morgan fingerprint density at radius 1 is 1.33 bits per heavy atom. The number of carbonyl (C=O) groups excluding carboxylic acids is 1. The molecule has 1 unspecified atom stereocenters. The molecule has 0 radical (unpaired) electrons. The molecule has 3 nitrogen and oxygen atoms in total. The molecule has 0 amide bonds. The summed E-state index contributed by atoms with van der Waals surface area (Å²) in [7, 11) is 3.71. The molecule has 1 atom stereocenters. The quantitative estimate of drug-likeness (QED) is 0.524. The summed E-state index contributed by atoms with van der Waals surface area (Å²) in [4.78, 5) is 14.5. The van der Waals surface area contributed by atoms with Gasteiger partial charge in [0.05, 0.1) is 6.04 Å². The number of Topliss-reactive ketones (excluding diaryl/α,β-unsaturated/α-hetero) is 1. The van der Waals surface area contributed by atoms with E-state index in [0.717, 1.165) is 31.6 Å². The molecule has 100 valence electrons. The zero-order chi connectivity index (χ0) is 13.4. The summed E-state index contributed by atoms with van der Waals surface area (Å²) < 4.78 is 5.04. The maximum absolute atomic E-state index is 12.4. The van der Waals surface area contributed by atoms with Crippen LogP contribution in [0.4, 0.5) is 0 Å². The second-order valence-corrected chi connectivity index (χ2v) is 4.48. The Balaban J connectivity index is 2.62. The van der Waals surface area contributed by atoms with Gasteiger partial charge in [0.1, 0.15) is 0 Å². The van der Waals surface area contributed by atoms with Crippen LogP contribution in [0, 0.1) is 0 Å². The Bertz CT molecular complexity index is 351. The summed E-state index contributed by atoms with van der Waals surface area (Å²) in [5, 5.41) is 0. The summed E-state index contributed by atoms with van der Waals surface area (Å²) in [6.07, 6.45) is 1.78. The molecule has 0 fully saturated rings. The lowest BCUT2D eigenvalue weighted by Gasteiger charge is -2.25. The first-order valence-electron chi connectivity index (χ1n) is 6.49. The van der Waals surface area contributed by atoms with Crippen LogP contribution in [0.25, 0.3) is 0 Å². The van der Waals surface area contributed by atoms with Gasteiger partial charge in [-0.05, 0) is 19.9 Å². The third-order valence-corrected chi connectivity index (χ3v) is 3.14. The lowest BCUT2D eigenvalue weighted by molar-refractivity contribution is 0.0831. The van der Waals surface area contributed by atoms with Gasteiger partial charge in [0, 0.05) is 25.8 Å². The number of hydrogen-bond acceptors (Lipinski definition) is 3. The maximum Gasteiger partial charge on any atom is 0.179 e. The largest absolute Gasteiger partial charge is 0.385 e. The summed E-state index contributed by atoms with van der Waals surface area (Å²) >= 11 is 0. The van der Waals surface area contributed by atoms with Crippen molar-refractivity contribution in [2.45, 2.75) is 25.8 Å².